The highest BCUT2D eigenvalue weighted by atomic mass is 79.9. The number of fused-ring (bicyclic) bond motifs is 1. The van der Waals surface area contributed by atoms with Crippen LogP contribution in [0.1, 0.15) is 6.42 Å². The number of methoxy groups -OCH3 is 1. The molecule has 3 aromatic rings. The van der Waals surface area contributed by atoms with Crippen LogP contribution in [-0.4, -0.2) is 86.7 Å². The van der Waals surface area contributed by atoms with Crippen molar-refractivity contribution in [2.24, 2.45) is 0 Å². The van der Waals surface area contributed by atoms with Crippen molar-refractivity contribution in [3.05, 3.63) is 47.2 Å². The van der Waals surface area contributed by atoms with Crippen molar-refractivity contribution < 1.29 is 23.1 Å². The van der Waals surface area contributed by atoms with Crippen LogP contribution in [0.5, 0.6) is 11.5 Å². The quantitative estimate of drug-likeness (QED) is 0.229. The number of hydrogen-bond donors (Lipinski definition) is 1. The highest BCUT2D eigenvalue weighted by molar-refractivity contribution is 9.10. The summed E-state index contributed by atoms with van der Waals surface area (Å²) in [5.74, 6) is 1.98. The molecule has 0 atom stereocenters. The highest BCUT2D eigenvalue weighted by Crippen LogP contribution is 2.46. The van der Waals surface area contributed by atoms with Crippen molar-refractivity contribution in [1.29, 1.82) is 0 Å². The van der Waals surface area contributed by atoms with Gasteiger partial charge in [0, 0.05) is 68.6 Å². The summed E-state index contributed by atoms with van der Waals surface area (Å²) in [6.45, 7) is 4.92. The molecule has 12 heteroatoms. The van der Waals surface area contributed by atoms with Crippen molar-refractivity contribution in [3.63, 3.8) is 0 Å². The minimum atomic E-state index is -3.02. The summed E-state index contributed by atoms with van der Waals surface area (Å²) in [7, 11) is 1.47. The number of nitrogens with zero attached hydrogens (tertiary/aromatic N) is 4. The number of ether oxygens (including phenoxy) is 2. The van der Waals surface area contributed by atoms with E-state index in [1.165, 1.54) is 20.5 Å². The van der Waals surface area contributed by atoms with Gasteiger partial charge < -0.3 is 28.7 Å². The van der Waals surface area contributed by atoms with Crippen molar-refractivity contribution >= 4 is 45.9 Å². The average molecular weight is 594 g/mol. The molecule has 1 aliphatic heterocycles. The molecule has 2 aromatic carbocycles. The molecule has 1 N–H and O–H groups in total. The second-order valence-corrected chi connectivity index (χ2v) is 11.8. The van der Waals surface area contributed by atoms with E-state index in [0.29, 0.717) is 30.2 Å². The molecule has 0 saturated carbocycles. The Hall–Kier alpha value is -2.27. The Bertz CT molecular complexity index is 1230. The molecule has 1 aliphatic rings. The van der Waals surface area contributed by atoms with Crippen molar-refractivity contribution in [3.8, 4) is 11.5 Å². The van der Waals surface area contributed by atoms with E-state index in [1.54, 1.807) is 7.11 Å². The smallest absolute Gasteiger partial charge is 0.344 e. The molecule has 1 saturated heterocycles. The first-order valence-corrected chi connectivity index (χ1v) is 14.6. The fraction of sp³-hybridized carbons (Fsp3) is 0.440. The molecule has 0 aliphatic carbocycles. The first-order valence-electron chi connectivity index (χ1n) is 12.1. The molecule has 37 heavy (non-hydrogen) atoms. The lowest BCUT2D eigenvalue weighted by Gasteiger charge is -2.35. The third kappa shape index (κ3) is 7.40. The lowest BCUT2D eigenvalue weighted by molar-refractivity contribution is 0.130. The fourth-order valence-electron chi connectivity index (χ4n) is 4.20. The maximum atomic E-state index is 12.4. The maximum absolute atomic E-state index is 12.4. The Labute approximate surface area is 225 Å². The Balaban J connectivity index is 1.31. The normalized spacial score (nSPS) is 15.1. The third-order valence-electron chi connectivity index (χ3n) is 6.28. The zero-order chi connectivity index (χ0) is 26.3. The molecule has 0 radical (unpaired) electrons. The van der Waals surface area contributed by atoms with Gasteiger partial charge >= 0.3 is 7.60 Å². The van der Waals surface area contributed by atoms with Gasteiger partial charge in [0.15, 0.2) is 11.5 Å². The molecule has 1 fully saturated rings. The van der Waals surface area contributed by atoms with E-state index < -0.39 is 7.60 Å². The van der Waals surface area contributed by atoms with Gasteiger partial charge in [-0.25, -0.2) is 9.97 Å². The van der Waals surface area contributed by atoms with Crippen molar-refractivity contribution in [1.82, 2.24) is 19.8 Å². The molecule has 10 nitrogen and oxygen atoms in total. The van der Waals surface area contributed by atoms with E-state index in [2.05, 4.69) is 41.0 Å². The summed E-state index contributed by atoms with van der Waals surface area (Å²) in [5, 5.41) is 4.20. The predicted molar refractivity (Wildman–Crippen MR) is 148 cm³/mol. The van der Waals surface area contributed by atoms with E-state index in [4.69, 9.17) is 18.5 Å². The number of piperazine rings is 1. The summed E-state index contributed by atoms with van der Waals surface area (Å²) >= 11 is 3.50. The first kappa shape index (κ1) is 27.8. The van der Waals surface area contributed by atoms with Crippen LogP contribution in [0.3, 0.4) is 0 Å². The van der Waals surface area contributed by atoms with Crippen LogP contribution < -0.4 is 14.8 Å². The van der Waals surface area contributed by atoms with Gasteiger partial charge in [-0.15, -0.1) is 0 Å². The largest absolute Gasteiger partial charge is 0.493 e. The van der Waals surface area contributed by atoms with Crippen LogP contribution in [-0.2, 0) is 13.6 Å². The Morgan fingerprint density at radius 3 is 2.46 bits per heavy atom. The van der Waals surface area contributed by atoms with Crippen LogP contribution in [0.15, 0.2) is 47.2 Å². The van der Waals surface area contributed by atoms with Crippen LogP contribution in [0.4, 0.5) is 11.5 Å². The average Bonchev–Trinajstić information content (AvgIpc) is 2.91. The van der Waals surface area contributed by atoms with Gasteiger partial charge in [0.25, 0.3) is 0 Å². The van der Waals surface area contributed by atoms with E-state index in [9.17, 15) is 4.57 Å². The standard InChI is InChI=1S/C25H33BrN5O5P/c1-33-23-15-21-22(27-17-28-25(21)29-20-7-4-6-19(26)14-20)16-24(23)36-13-5-8-30-9-11-31(12-10-30)18-37(32,34-2)35-3/h4,6-7,14-17H,5,8-13,18H2,1-3H3,(H,27,28,29). The second kappa shape index (κ2) is 13.0. The van der Waals surface area contributed by atoms with Crippen LogP contribution in [0.2, 0.25) is 0 Å². The monoisotopic (exact) mass is 593 g/mol. The number of halogens is 1. The Morgan fingerprint density at radius 2 is 1.76 bits per heavy atom. The van der Waals surface area contributed by atoms with E-state index in [1.807, 2.05) is 36.4 Å². The van der Waals surface area contributed by atoms with Gasteiger partial charge in [0.2, 0.25) is 0 Å². The molecule has 0 amide bonds. The fourth-order valence-corrected chi connectivity index (χ4v) is 5.75. The molecule has 0 spiro atoms. The van der Waals surface area contributed by atoms with E-state index in [0.717, 1.165) is 60.2 Å². The summed E-state index contributed by atoms with van der Waals surface area (Å²) in [6, 6.07) is 11.7. The van der Waals surface area contributed by atoms with Crippen LogP contribution in [0, 0.1) is 0 Å². The minimum absolute atomic E-state index is 0.322. The molecule has 2 heterocycles. The van der Waals surface area contributed by atoms with Gasteiger partial charge in [-0.05, 0) is 30.7 Å². The van der Waals surface area contributed by atoms with Gasteiger partial charge in [0.1, 0.15) is 18.4 Å². The molecule has 0 bridgehead atoms. The number of benzene rings is 2. The van der Waals surface area contributed by atoms with Crippen LogP contribution >= 0.6 is 23.5 Å². The van der Waals surface area contributed by atoms with Gasteiger partial charge in [-0.3, -0.25) is 9.46 Å². The Morgan fingerprint density at radius 1 is 1.00 bits per heavy atom. The molecule has 200 valence electrons. The maximum Gasteiger partial charge on any atom is 0.344 e. The highest BCUT2D eigenvalue weighted by Gasteiger charge is 2.27. The molecule has 0 unspecified atom stereocenters. The number of anilines is 2. The summed E-state index contributed by atoms with van der Waals surface area (Å²) in [6.07, 6.45) is 2.73. The molecular formula is C25H33BrN5O5P. The second-order valence-electron chi connectivity index (χ2n) is 8.66. The number of hydrogen-bond acceptors (Lipinski definition) is 10. The minimum Gasteiger partial charge on any atom is -0.493 e. The molecular weight excluding hydrogens is 561 g/mol. The topological polar surface area (TPSA) is 98.3 Å². The summed E-state index contributed by atoms with van der Waals surface area (Å²) in [4.78, 5) is 13.4. The SMILES string of the molecule is COc1cc2c(Nc3cccc(Br)c3)ncnc2cc1OCCCN1CCN(CP(=O)(OC)OC)CC1. The zero-order valence-corrected chi connectivity index (χ0v) is 23.8. The first-order chi connectivity index (χ1) is 17.9. The van der Waals surface area contributed by atoms with Gasteiger partial charge in [-0.1, -0.05) is 22.0 Å². The van der Waals surface area contributed by atoms with E-state index >= 15 is 0 Å². The summed E-state index contributed by atoms with van der Waals surface area (Å²) < 4.78 is 35.2. The van der Waals surface area contributed by atoms with Gasteiger partial charge in [-0.2, -0.15) is 0 Å². The zero-order valence-electron chi connectivity index (χ0n) is 21.4. The lowest BCUT2D eigenvalue weighted by Crippen LogP contribution is -2.46. The van der Waals surface area contributed by atoms with Crippen LogP contribution in [0.25, 0.3) is 10.9 Å². The lowest BCUT2D eigenvalue weighted by atomic mass is 10.2. The predicted octanol–water partition coefficient (Wildman–Crippen LogP) is 4.97. The Kier molecular flexibility index (Phi) is 9.75. The van der Waals surface area contributed by atoms with Gasteiger partial charge in [0.05, 0.1) is 19.2 Å². The van der Waals surface area contributed by atoms with Crippen molar-refractivity contribution in [2.75, 3.05) is 72.3 Å². The number of nitrogens with one attached hydrogen (secondary N) is 1. The summed E-state index contributed by atoms with van der Waals surface area (Å²) in [5.41, 5.74) is 1.68. The molecule has 1 aromatic heterocycles. The molecule has 4 rings (SSSR count). The van der Waals surface area contributed by atoms with E-state index in [-0.39, 0.29) is 0 Å². The van der Waals surface area contributed by atoms with Crippen molar-refractivity contribution in [2.45, 2.75) is 6.42 Å². The third-order valence-corrected chi connectivity index (χ3v) is 8.63. The number of aromatic nitrogens is 2. The number of rotatable bonds is 12.